The molecule has 1 N–H and O–H groups in total. The molecule has 2 aromatic carbocycles. The van der Waals surface area contributed by atoms with Gasteiger partial charge in [0.2, 0.25) is 6.10 Å². The Hall–Kier alpha value is -3.56. The molecule has 1 aromatic heterocycles. The Kier molecular flexibility index (Phi) is 5.24. The van der Waals surface area contributed by atoms with Crippen molar-refractivity contribution < 1.29 is 23.6 Å². The van der Waals surface area contributed by atoms with E-state index in [9.17, 15) is 4.79 Å². The fourth-order valence-electron chi connectivity index (χ4n) is 4.58. The molecular weight excluding hydrogens is 457 g/mol. The highest BCUT2D eigenvalue weighted by atomic mass is 16.7. The van der Waals surface area contributed by atoms with Crippen LogP contribution in [0, 0.1) is 0 Å². The third kappa shape index (κ3) is 3.79. The van der Waals surface area contributed by atoms with E-state index in [4.69, 9.17) is 18.8 Å². The second kappa shape index (κ2) is 8.25. The fourth-order valence-corrected chi connectivity index (χ4v) is 4.58. The number of pyridine rings is 1. The van der Waals surface area contributed by atoms with Crippen molar-refractivity contribution in [3.8, 4) is 11.5 Å². The molecule has 0 bridgehead atoms. The topological polar surface area (TPSA) is 82.2 Å². The van der Waals surface area contributed by atoms with Crippen LogP contribution < -0.4 is 25.2 Å². The highest BCUT2D eigenvalue weighted by Crippen LogP contribution is 2.39. The normalized spacial score (nSPS) is 21.2. The van der Waals surface area contributed by atoms with Crippen molar-refractivity contribution >= 4 is 35.7 Å². The average Bonchev–Trinajstić information content (AvgIpc) is 3.00. The monoisotopic (exact) mass is 485 g/mol. The minimum atomic E-state index is -0.786. The lowest BCUT2D eigenvalue weighted by molar-refractivity contribution is -0.127. The first-order valence-electron chi connectivity index (χ1n) is 12.1. The molecule has 6 rings (SSSR count). The predicted octanol–water partition coefficient (Wildman–Crippen LogP) is 3.81. The molecule has 0 spiro atoms. The zero-order chi connectivity index (χ0) is 25.1. The lowest BCUT2D eigenvalue weighted by atomic mass is 9.78. The smallest absolute Gasteiger partial charge is 0.485 e. The number of amides is 1. The van der Waals surface area contributed by atoms with Crippen LogP contribution in [0.25, 0.3) is 0 Å². The summed E-state index contributed by atoms with van der Waals surface area (Å²) in [5.74, 6) is 1.71. The third-order valence-corrected chi connectivity index (χ3v) is 7.36. The largest absolute Gasteiger partial charge is 0.494 e. The van der Waals surface area contributed by atoms with E-state index >= 15 is 0 Å². The summed E-state index contributed by atoms with van der Waals surface area (Å²) in [6.45, 7) is 8.55. The molecule has 1 fully saturated rings. The minimum Gasteiger partial charge on any atom is -0.485 e. The van der Waals surface area contributed by atoms with Crippen molar-refractivity contribution in [1.82, 2.24) is 4.98 Å². The number of ether oxygens (including phenoxy) is 2. The lowest BCUT2D eigenvalue weighted by Crippen LogP contribution is -2.46. The Bertz CT molecular complexity index is 1330. The van der Waals surface area contributed by atoms with Gasteiger partial charge in [-0.1, -0.05) is 24.3 Å². The Morgan fingerprint density at radius 3 is 2.56 bits per heavy atom. The summed E-state index contributed by atoms with van der Waals surface area (Å²) in [7, 11) is -0.554. The molecule has 3 aliphatic rings. The molecule has 0 saturated carbocycles. The van der Waals surface area contributed by atoms with Gasteiger partial charge in [-0.3, -0.25) is 4.79 Å². The molecular formula is C27H28BN3O5. The zero-order valence-electron chi connectivity index (χ0n) is 20.8. The zero-order valence-corrected chi connectivity index (χ0v) is 20.8. The molecule has 1 saturated heterocycles. The summed E-state index contributed by atoms with van der Waals surface area (Å²) < 4.78 is 24.5. The van der Waals surface area contributed by atoms with Crippen LogP contribution in [0.3, 0.4) is 0 Å². The number of nitrogens with zero attached hydrogens (tertiary/aromatic N) is 2. The number of nitrogens with one attached hydrogen (secondary N) is 1. The van der Waals surface area contributed by atoms with Gasteiger partial charge in [0.25, 0.3) is 5.91 Å². The average molecular weight is 485 g/mol. The minimum absolute atomic E-state index is 0.131. The number of hydrogen-bond donors (Lipinski definition) is 1. The molecule has 8 nitrogen and oxygen atoms in total. The van der Waals surface area contributed by atoms with Crippen molar-refractivity contribution in [3.63, 3.8) is 0 Å². The number of carbonyl (C=O) groups is 1. The molecule has 3 aliphatic heterocycles. The SMILES string of the molecule is CC1(C)OB(c2ccc3c(c2)N(C(=O)C2COc4ccccc4O2)Cc2cccnc2N3)OC1(C)C. The summed E-state index contributed by atoms with van der Waals surface area (Å²) in [6, 6.07) is 17.1. The molecule has 0 radical (unpaired) electrons. The molecule has 36 heavy (non-hydrogen) atoms. The number of fused-ring (bicyclic) bond motifs is 3. The summed E-state index contributed by atoms with van der Waals surface area (Å²) >= 11 is 0. The van der Waals surface area contributed by atoms with E-state index in [-0.39, 0.29) is 12.5 Å². The van der Waals surface area contributed by atoms with Crippen molar-refractivity contribution in [2.75, 3.05) is 16.8 Å². The quantitative estimate of drug-likeness (QED) is 0.553. The van der Waals surface area contributed by atoms with Crippen molar-refractivity contribution in [2.24, 2.45) is 0 Å². The van der Waals surface area contributed by atoms with Gasteiger partial charge in [0.1, 0.15) is 12.4 Å². The Morgan fingerprint density at radius 2 is 1.78 bits per heavy atom. The molecule has 1 atom stereocenters. The van der Waals surface area contributed by atoms with Gasteiger partial charge in [0, 0.05) is 11.8 Å². The van der Waals surface area contributed by atoms with Crippen LogP contribution in [0.5, 0.6) is 11.5 Å². The van der Waals surface area contributed by atoms with Gasteiger partial charge in [-0.05, 0) is 63.5 Å². The van der Waals surface area contributed by atoms with Gasteiger partial charge in [0.15, 0.2) is 11.5 Å². The number of benzene rings is 2. The number of para-hydroxylation sites is 2. The molecule has 4 heterocycles. The highest BCUT2D eigenvalue weighted by Gasteiger charge is 2.52. The van der Waals surface area contributed by atoms with E-state index in [1.54, 1.807) is 11.1 Å². The summed E-state index contributed by atoms with van der Waals surface area (Å²) in [5, 5.41) is 3.40. The van der Waals surface area contributed by atoms with Gasteiger partial charge in [0.05, 0.1) is 29.1 Å². The maximum absolute atomic E-state index is 13.9. The van der Waals surface area contributed by atoms with Gasteiger partial charge in [-0.15, -0.1) is 0 Å². The molecule has 184 valence electrons. The maximum Gasteiger partial charge on any atom is 0.494 e. The Labute approximate surface area is 210 Å². The predicted molar refractivity (Wildman–Crippen MR) is 137 cm³/mol. The molecule has 9 heteroatoms. The Balaban J connectivity index is 1.38. The number of carbonyl (C=O) groups excluding carboxylic acids is 1. The van der Waals surface area contributed by atoms with Crippen LogP contribution in [-0.2, 0) is 20.6 Å². The standard InChI is InChI=1S/C27H28BN3O5/c1-26(2)27(3,4)36-28(35-26)18-11-12-19-20(14-18)31(15-17-8-7-13-29-24(17)30-19)25(32)23-16-33-21-9-5-6-10-22(21)34-23/h5-14,23H,15-16H2,1-4H3,(H,29,30). The van der Waals surface area contributed by atoms with E-state index in [1.165, 1.54) is 0 Å². The summed E-state index contributed by atoms with van der Waals surface area (Å²) in [5.41, 5.74) is 2.25. The van der Waals surface area contributed by atoms with E-state index in [0.29, 0.717) is 29.5 Å². The molecule has 3 aromatic rings. The van der Waals surface area contributed by atoms with Crippen molar-refractivity contribution in [1.29, 1.82) is 0 Å². The van der Waals surface area contributed by atoms with Crippen LogP contribution >= 0.6 is 0 Å². The van der Waals surface area contributed by atoms with Crippen LogP contribution in [0.15, 0.2) is 60.8 Å². The number of hydrogen-bond acceptors (Lipinski definition) is 7. The van der Waals surface area contributed by atoms with Gasteiger partial charge in [-0.2, -0.15) is 0 Å². The fraction of sp³-hybridized carbons (Fsp3) is 0.333. The second-order valence-electron chi connectivity index (χ2n) is 10.3. The molecule has 1 unspecified atom stereocenters. The van der Waals surface area contributed by atoms with Crippen LogP contribution in [0.4, 0.5) is 17.2 Å². The van der Waals surface area contributed by atoms with E-state index in [2.05, 4.69) is 10.3 Å². The van der Waals surface area contributed by atoms with E-state index in [0.717, 1.165) is 16.7 Å². The van der Waals surface area contributed by atoms with Crippen molar-refractivity contribution in [2.45, 2.75) is 51.5 Å². The summed E-state index contributed by atoms with van der Waals surface area (Å²) in [4.78, 5) is 20.2. The van der Waals surface area contributed by atoms with E-state index < -0.39 is 24.4 Å². The van der Waals surface area contributed by atoms with Gasteiger partial charge < -0.3 is 29.0 Å². The highest BCUT2D eigenvalue weighted by molar-refractivity contribution is 6.62. The van der Waals surface area contributed by atoms with Crippen molar-refractivity contribution in [3.05, 3.63) is 66.4 Å². The number of aromatic nitrogens is 1. The second-order valence-corrected chi connectivity index (χ2v) is 10.3. The first-order chi connectivity index (χ1) is 17.2. The third-order valence-electron chi connectivity index (χ3n) is 7.36. The summed E-state index contributed by atoms with van der Waals surface area (Å²) in [6.07, 6.45) is 0.947. The first-order valence-corrected chi connectivity index (χ1v) is 12.1. The molecule has 0 aliphatic carbocycles. The maximum atomic E-state index is 13.9. The van der Waals surface area contributed by atoms with Gasteiger partial charge in [-0.25, -0.2) is 4.98 Å². The van der Waals surface area contributed by atoms with Crippen LogP contribution in [-0.4, -0.2) is 41.9 Å². The number of rotatable bonds is 2. The van der Waals surface area contributed by atoms with E-state index in [1.807, 2.05) is 82.3 Å². The first kappa shape index (κ1) is 22.9. The van der Waals surface area contributed by atoms with Crippen LogP contribution in [0.1, 0.15) is 33.3 Å². The molecule has 1 amide bonds. The van der Waals surface area contributed by atoms with Gasteiger partial charge >= 0.3 is 7.12 Å². The van der Waals surface area contributed by atoms with Crippen LogP contribution in [0.2, 0.25) is 0 Å². The Morgan fingerprint density at radius 1 is 1.03 bits per heavy atom. The number of anilines is 3. The lowest BCUT2D eigenvalue weighted by Gasteiger charge is -2.32.